The number of rotatable bonds is 0. The molecule has 1 aromatic rings. The maximum atomic E-state index is 5.11. The zero-order chi connectivity index (χ0) is 5.11. The second-order valence-electron chi connectivity index (χ2n) is 0.981. The lowest BCUT2D eigenvalue weighted by molar-refractivity contribution is 0.965. The van der Waals surface area contributed by atoms with E-state index in [1.807, 2.05) is 0 Å². The van der Waals surface area contributed by atoms with Gasteiger partial charge in [0.05, 0.1) is 6.20 Å². The van der Waals surface area contributed by atoms with Gasteiger partial charge in [0.2, 0.25) is 6.33 Å². The van der Waals surface area contributed by atoms with Crippen LogP contribution >= 0.6 is 0 Å². The summed E-state index contributed by atoms with van der Waals surface area (Å²) in [6, 6.07) is 0. The van der Waals surface area contributed by atoms with Crippen LogP contribution in [0.5, 0.6) is 0 Å². The molecule has 0 amide bonds. The van der Waals surface area contributed by atoms with Crippen molar-refractivity contribution in [3.05, 3.63) is 12.5 Å². The molecule has 1 radical (unpaired) electrons. The molecule has 0 unspecified atom stereocenters. The van der Waals surface area contributed by atoms with Crippen molar-refractivity contribution in [1.82, 2.24) is 15.2 Å². The summed E-state index contributed by atoms with van der Waals surface area (Å²) < 4.78 is 0. The van der Waals surface area contributed by atoms with Crippen LogP contribution in [0.2, 0.25) is 0 Å². The Morgan fingerprint density at radius 3 is 2.86 bits per heavy atom. The molecule has 0 saturated carbocycles. The van der Waals surface area contributed by atoms with E-state index < -0.39 is 0 Å². The van der Waals surface area contributed by atoms with Crippen LogP contribution in [0.4, 0.5) is 5.82 Å². The zero-order valence-corrected chi connectivity index (χ0v) is 3.50. The Morgan fingerprint density at radius 1 is 1.71 bits per heavy atom. The SMILES string of the molecule is Nc1cnn[c]n1. The van der Waals surface area contributed by atoms with Crippen molar-refractivity contribution in [1.29, 1.82) is 0 Å². The quantitative estimate of drug-likeness (QED) is 0.460. The molecule has 0 fully saturated rings. The molecule has 0 bridgehead atoms. The molecule has 1 aromatic heterocycles. The van der Waals surface area contributed by atoms with Crippen molar-refractivity contribution < 1.29 is 0 Å². The van der Waals surface area contributed by atoms with Gasteiger partial charge in [-0.3, -0.25) is 0 Å². The molecule has 35 valence electrons. The van der Waals surface area contributed by atoms with E-state index in [1.165, 1.54) is 6.20 Å². The number of aromatic nitrogens is 3. The van der Waals surface area contributed by atoms with Crippen LogP contribution in [0.15, 0.2) is 6.20 Å². The molecule has 1 rings (SSSR count). The molecular formula is C3H3N4. The Morgan fingerprint density at radius 2 is 2.57 bits per heavy atom. The van der Waals surface area contributed by atoms with Crippen molar-refractivity contribution in [3.8, 4) is 0 Å². The van der Waals surface area contributed by atoms with Crippen LogP contribution in [0.25, 0.3) is 0 Å². The number of nitrogens with zero attached hydrogens (tertiary/aromatic N) is 3. The molecule has 7 heavy (non-hydrogen) atoms. The smallest absolute Gasteiger partial charge is 0.223 e. The summed E-state index contributed by atoms with van der Waals surface area (Å²) in [4.78, 5) is 3.46. The van der Waals surface area contributed by atoms with Crippen molar-refractivity contribution in [2.24, 2.45) is 0 Å². The highest BCUT2D eigenvalue weighted by atomic mass is 15.1. The Balaban J connectivity index is 3.02. The number of anilines is 1. The van der Waals surface area contributed by atoms with Crippen LogP contribution < -0.4 is 5.73 Å². The predicted molar refractivity (Wildman–Crippen MR) is 23.1 cm³/mol. The average Bonchev–Trinajstić information content (AvgIpc) is 1.69. The third-order valence-corrected chi connectivity index (χ3v) is 0.472. The fraction of sp³-hybridized carbons (Fsp3) is 0. The molecule has 0 saturated heterocycles. The maximum Gasteiger partial charge on any atom is 0.223 e. The van der Waals surface area contributed by atoms with Gasteiger partial charge in [-0.25, -0.2) is 4.98 Å². The molecule has 0 aliphatic heterocycles. The molecule has 0 spiro atoms. The van der Waals surface area contributed by atoms with Crippen molar-refractivity contribution in [2.75, 3.05) is 5.73 Å². The molecule has 0 atom stereocenters. The van der Waals surface area contributed by atoms with Gasteiger partial charge in [0, 0.05) is 0 Å². The first-order valence-electron chi connectivity index (χ1n) is 1.71. The van der Waals surface area contributed by atoms with Crippen molar-refractivity contribution in [2.45, 2.75) is 0 Å². The number of nitrogen functional groups attached to an aromatic ring is 1. The van der Waals surface area contributed by atoms with E-state index in [9.17, 15) is 0 Å². The first-order valence-corrected chi connectivity index (χ1v) is 1.71. The van der Waals surface area contributed by atoms with Gasteiger partial charge >= 0.3 is 0 Å². The van der Waals surface area contributed by atoms with Crippen LogP contribution in [0, 0.1) is 6.33 Å². The highest BCUT2D eigenvalue weighted by Crippen LogP contribution is 1.81. The molecule has 0 aliphatic rings. The van der Waals surface area contributed by atoms with Gasteiger partial charge in [-0.2, -0.15) is 5.10 Å². The summed E-state index contributed by atoms with van der Waals surface area (Å²) in [5, 5.41) is 6.67. The van der Waals surface area contributed by atoms with Gasteiger partial charge in [-0.1, -0.05) is 0 Å². The lowest BCUT2D eigenvalue weighted by atomic mass is 10.8. The Kier molecular flexibility index (Phi) is 0.856. The Hall–Kier alpha value is -1.19. The van der Waals surface area contributed by atoms with Crippen LogP contribution in [0.1, 0.15) is 0 Å². The van der Waals surface area contributed by atoms with Crippen molar-refractivity contribution in [3.63, 3.8) is 0 Å². The topological polar surface area (TPSA) is 64.7 Å². The van der Waals surface area contributed by atoms with E-state index in [4.69, 9.17) is 5.73 Å². The van der Waals surface area contributed by atoms with Gasteiger partial charge in [0.25, 0.3) is 0 Å². The lowest BCUT2D eigenvalue weighted by Crippen LogP contribution is -1.91. The van der Waals surface area contributed by atoms with Crippen molar-refractivity contribution >= 4 is 5.82 Å². The highest BCUT2D eigenvalue weighted by molar-refractivity contribution is 5.18. The summed E-state index contributed by atoms with van der Waals surface area (Å²) in [7, 11) is 0. The van der Waals surface area contributed by atoms with E-state index in [-0.39, 0.29) is 0 Å². The van der Waals surface area contributed by atoms with Gasteiger partial charge < -0.3 is 5.73 Å². The zero-order valence-electron chi connectivity index (χ0n) is 3.50. The summed E-state index contributed by atoms with van der Waals surface area (Å²) in [6.07, 6.45) is 3.58. The minimum Gasteiger partial charge on any atom is -0.382 e. The normalized spacial score (nSPS) is 8.57. The summed E-state index contributed by atoms with van der Waals surface area (Å²) in [5.41, 5.74) is 5.11. The van der Waals surface area contributed by atoms with Gasteiger partial charge in [0.15, 0.2) is 0 Å². The molecule has 4 nitrogen and oxygen atoms in total. The largest absolute Gasteiger partial charge is 0.382 e. The van der Waals surface area contributed by atoms with Gasteiger partial charge in [-0.05, 0) is 0 Å². The van der Waals surface area contributed by atoms with E-state index in [0.29, 0.717) is 5.82 Å². The standard InChI is InChI=1S/C3H3N4/c4-3-1-6-7-2-5-3/h1H,(H2,4,5,7). The fourth-order valence-electron chi connectivity index (χ4n) is 0.223. The third kappa shape index (κ3) is 0.819. The van der Waals surface area contributed by atoms with Gasteiger partial charge in [-0.15, -0.1) is 5.10 Å². The summed E-state index contributed by atoms with van der Waals surface area (Å²) >= 11 is 0. The third-order valence-electron chi connectivity index (χ3n) is 0.472. The van der Waals surface area contributed by atoms with Crippen LogP contribution in [0.3, 0.4) is 0 Å². The van der Waals surface area contributed by atoms with E-state index in [0.717, 1.165) is 0 Å². The molecular weight excluding hydrogens is 92.1 g/mol. The molecule has 2 N–H and O–H groups in total. The second-order valence-corrected chi connectivity index (χ2v) is 0.981. The minimum absolute atomic E-state index is 0.343. The Bertz CT molecular complexity index is 137. The Labute approximate surface area is 40.4 Å². The van der Waals surface area contributed by atoms with Crippen LogP contribution in [-0.2, 0) is 0 Å². The molecule has 0 aromatic carbocycles. The monoisotopic (exact) mass is 95.0 g/mol. The fourth-order valence-corrected chi connectivity index (χ4v) is 0.223. The number of hydrogen-bond acceptors (Lipinski definition) is 4. The molecule has 0 aliphatic carbocycles. The first kappa shape index (κ1) is 3.98. The maximum absolute atomic E-state index is 5.11. The first-order chi connectivity index (χ1) is 3.39. The highest BCUT2D eigenvalue weighted by Gasteiger charge is 1.77. The van der Waals surface area contributed by atoms with E-state index in [1.54, 1.807) is 0 Å². The van der Waals surface area contributed by atoms with Crippen LogP contribution in [-0.4, -0.2) is 15.2 Å². The molecule has 4 heteroatoms. The lowest BCUT2D eigenvalue weighted by Gasteiger charge is -1.80. The molecule has 1 heterocycles. The summed E-state index contributed by atoms with van der Waals surface area (Å²) in [5.74, 6) is 0.343. The average molecular weight is 95.1 g/mol. The predicted octanol–water partition coefficient (Wildman–Crippen LogP) is -0.746. The number of hydrogen-bond donors (Lipinski definition) is 1. The number of nitrogens with two attached hydrogens (primary N) is 1. The second kappa shape index (κ2) is 1.51. The minimum atomic E-state index is 0.343. The van der Waals surface area contributed by atoms with E-state index in [2.05, 4.69) is 21.5 Å². The summed E-state index contributed by atoms with van der Waals surface area (Å²) in [6.45, 7) is 0. The van der Waals surface area contributed by atoms with Gasteiger partial charge in [0.1, 0.15) is 5.82 Å². The van der Waals surface area contributed by atoms with E-state index >= 15 is 0 Å².